The van der Waals surface area contributed by atoms with Gasteiger partial charge in [-0.15, -0.1) is 0 Å². The molecule has 0 aromatic heterocycles. The third kappa shape index (κ3) is 2.71. The molecule has 2 aliphatic rings. The van der Waals surface area contributed by atoms with Crippen molar-refractivity contribution in [3.63, 3.8) is 0 Å². The zero-order chi connectivity index (χ0) is 13.2. The van der Waals surface area contributed by atoms with Crippen LogP contribution in [0.1, 0.15) is 25.3 Å². The zero-order valence-electron chi connectivity index (χ0n) is 12.0. The summed E-state index contributed by atoms with van der Waals surface area (Å²) in [6.07, 6.45) is 2.63. The van der Waals surface area contributed by atoms with Crippen LogP contribution in [0.15, 0.2) is 18.2 Å². The van der Waals surface area contributed by atoms with Crippen molar-refractivity contribution in [2.24, 2.45) is 5.92 Å². The summed E-state index contributed by atoms with van der Waals surface area (Å²) in [5.74, 6) is 1.81. The van der Waals surface area contributed by atoms with Crippen molar-refractivity contribution in [1.29, 1.82) is 0 Å². The van der Waals surface area contributed by atoms with Crippen LogP contribution in [-0.2, 0) is 0 Å². The fourth-order valence-corrected chi connectivity index (χ4v) is 3.40. The molecule has 3 unspecified atom stereocenters. The molecule has 0 aliphatic carbocycles. The molecule has 0 radical (unpaired) electrons. The molecule has 2 saturated heterocycles. The van der Waals surface area contributed by atoms with Gasteiger partial charge in [0, 0.05) is 24.8 Å². The van der Waals surface area contributed by atoms with E-state index in [1.807, 2.05) is 6.92 Å². The van der Waals surface area contributed by atoms with Gasteiger partial charge in [-0.2, -0.15) is 0 Å². The van der Waals surface area contributed by atoms with Crippen molar-refractivity contribution in [3.8, 4) is 5.75 Å². The van der Waals surface area contributed by atoms with Crippen LogP contribution in [0.5, 0.6) is 5.75 Å². The lowest BCUT2D eigenvalue weighted by atomic mass is 9.93. The minimum atomic E-state index is 0.649. The number of nitrogens with zero attached hydrogens (tertiary/aromatic N) is 1. The molecule has 104 valence electrons. The van der Waals surface area contributed by atoms with E-state index in [2.05, 4.69) is 35.3 Å². The number of aryl methyl sites for hydroxylation is 1. The van der Waals surface area contributed by atoms with Gasteiger partial charge in [-0.1, -0.05) is 0 Å². The number of piperidine rings is 1. The zero-order valence-corrected chi connectivity index (χ0v) is 12.0. The predicted octanol–water partition coefficient (Wildman–Crippen LogP) is 2.90. The van der Waals surface area contributed by atoms with Gasteiger partial charge in [-0.25, -0.2) is 0 Å². The van der Waals surface area contributed by atoms with E-state index in [0.717, 1.165) is 18.3 Å². The summed E-state index contributed by atoms with van der Waals surface area (Å²) in [6, 6.07) is 7.02. The summed E-state index contributed by atoms with van der Waals surface area (Å²) in [7, 11) is 0. The van der Waals surface area contributed by atoms with Crippen LogP contribution in [0.25, 0.3) is 0 Å². The SMILES string of the molecule is CCOc1ccc(NC2CCN3CCC2C3)c(C)c1. The smallest absolute Gasteiger partial charge is 0.119 e. The molecule has 1 N–H and O–H groups in total. The Hall–Kier alpha value is -1.22. The lowest BCUT2D eigenvalue weighted by Crippen LogP contribution is -2.39. The van der Waals surface area contributed by atoms with Crippen LogP contribution in [0.3, 0.4) is 0 Å². The first kappa shape index (κ1) is 12.8. The normalized spacial score (nSPS) is 29.3. The lowest BCUT2D eigenvalue weighted by molar-refractivity contribution is 0.255. The average Bonchev–Trinajstić information content (AvgIpc) is 2.79. The summed E-state index contributed by atoms with van der Waals surface area (Å²) < 4.78 is 5.55. The molecule has 3 atom stereocenters. The lowest BCUT2D eigenvalue weighted by Gasteiger charge is -2.32. The van der Waals surface area contributed by atoms with E-state index < -0.39 is 0 Å². The van der Waals surface area contributed by atoms with Crippen molar-refractivity contribution >= 4 is 5.69 Å². The molecule has 2 aliphatic heterocycles. The van der Waals surface area contributed by atoms with Crippen LogP contribution in [0, 0.1) is 12.8 Å². The van der Waals surface area contributed by atoms with E-state index in [9.17, 15) is 0 Å². The monoisotopic (exact) mass is 260 g/mol. The Labute approximate surface area is 115 Å². The topological polar surface area (TPSA) is 24.5 Å². The number of rotatable bonds is 4. The maximum absolute atomic E-state index is 5.55. The summed E-state index contributed by atoms with van der Waals surface area (Å²) >= 11 is 0. The molecule has 1 aromatic rings. The number of nitrogens with one attached hydrogen (secondary N) is 1. The molecule has 1 aromatic carbocycles. The first-order valence-electron chi connectivity index (χ1n) is 7.48. The number of fused-ring (bicyclic) bond motifs is 2. The third-order valence-electron chi connectivity index (χ3n) is 4.48. The van der Waals surface area contributed by atoms with Gasteiger partial charge in [0.2, 0.25) is 0 Å². The molecule has 2 fully saturated rings. The Morgan fingerprint density at radius 3 is 2.95 bits per heavy atom. The molecular weight excluding hydrogens is 236 g/mol. The number of anilines is 1. The van der Waals surface area contributed by atoms with Crippen molar-refractivity contribution in [3.05, 3.63) is 23.8 Å². The molecule has 0 spiro atoms. The van der Waals surface area contributed by atoms with Gasteiger partial charge >= 0.3 is 0 Å². The first-order chi connectivity index (χ1) is 9.26. The molecule has 19 heavy (non-hydrogen) atoms. The van der Waals surface area contributed by atoms with E-state index in [4.69, 9.17) is 4.74 Å². The van der Waals surface area contributed by atoms with Crippen LogP contribution < -0.4 is 10.1 Å². The van der Waals surface area contributed by atoms with Crippen molar-refractivity contribution in [2.45, 2.75) is 32.7 Å². The predicted molar refractivity (Wildman–Crippen MR) is 78.9 cm³/mol. The molecule has 2 heterocycles. The van der Waals surface area contributed by atoms with E-state index in [1.54, 1.807) is 0 Å². The Morgan fingerprint density at radius 2 is 2.16 bits per heavy atom. The Balaban J connectivity index is 1.69. The summed E-state index contributed by atoms with van der Waals surface area (Å²) in [6.45, 7) is 8.75. The molecule has 3 heteroatoms. The number of benzene rings is 1. The fourth-order valence-electron chi connectivity index (χ4n) is 3.40. The highest BCUT2D eigenvalue weighted by Gasteiger charge is 2.34. The van der Waals surface area contributed by atoms with E-state index in [0.29, 0.717) is 6.04 Å². The largest absolute Gasteiger partial charge is 0.494 e. The Kier molecular flexibility index (Phi) is 3.65. The van der Waals surface area contributed by atoms with Crippen molar-refractivity contribution < 1.29 is 4.74 Å². The first-order valence-corrected chi connectivity index (χ1v) is 7.48. The van der Waals surface area contributed by atoms with E-state index in [-0.39, 0.29) is 0 Å². The molecule has 3 rings (SSSR count). The van der Waals surface area contributed by atoms with Gasteiger partial charge in [-0.05, 0) is 62.9 Å². The molecule has 0 saturated carbocycles. The van der Waals surface area contributed by atoms with Gasteiger partial charge in [-0.3, -0.25) is 0 Å². The van der Waals surface area contributed by atoms with Gasteiger partial charge < -0.3 is 15.0 Å². The summed E-state index contributed by atoms with van der Waals surface area (Å²) in [5, 5.41) is 3.76. The maximum atomic E-state index is 5.55. The van der Waals surface area contributed by atoms with Crippen LogP contribution >= 0.6 is 0 Å². The van der Waals surface area contributed by atoms with Crippen molar-refractivity contribution in [2.75, 3.05) is 31.6 Å². The highest BCUT2D eigenvalue weighted by Crippen LogP contribution is 2.31. The summed E-state index contributed by atoms with van der Waals surface area (Å²) in [4.78, 5) is 2.59. The van der Waals surface area contributed by atoms with Crippen LogP contribution in [0.4, 0.5) is 5.69 Å². The average molecular weight is 260 g/mol. The fraction of sp³-hybridized carbons (Fsp3) is 0.625. The Morgan fingerprint density at radius 1 is 1.32 bits per heavy atom. The minimum Gasteiger partial charge on any atom is -0.494 e. The van der Waals surface area contributed by atoms with Gasteiger partial charge in [0.05, 0.1) is 6.61 Å². The van der Waals surface area contributed by atoms with E-state index >= 15 is 0 Å². The standard InChI is InChI=1S/C16H24N2O/c1-3-19-14-4-5-15(12(2)10-14)17-16-7-9-18-8-6-13(16)11-18/h4-5,10,13,16-17H,3,6-9,11H2,1-2H3. The molecule has 3 nitrogen and oxygen atoms in total. The van der Waals surface area contributed by atoms with Gasteiger partial charge in [0.25, 0.3) is 0 Å². The van der Waals surface area contributed by atoms with Gasteiger partial charge in [0.1, 0.15) is 5.75 Å². The second-order valence-electron chi connectivity index (χ2n) is 5.80. The number of ether oxygens (including phenoxy) is 1. The number of hydrogen-bond acceptors (Lipinski definition) is 3. The Bertz CT molecular complexity index is 446. The third-order valence-corrected chi connectivity index (χ3v) is 4.48. The summed E-state index contributed by atoms with van der Waals surface area (Å²) in [5.41, 5.74) is 2.56. The molecule has 0 amide bonds. The van der Waals surface area contributed by atoms with Crippen LogP contribution in [-0.4, -0.2) is 37.2 Å². The highest BCUT2D eigenvalue weighted by molar-refractivity contribution is 5.54. The van der Waals surface area contributed by atoms with Gasteiger partial charge in [0.15, 0.2) is 0 Å². The maximum Gasteiger partial charge on any atom is 0.119 e. The van der Waals surface area contributed by atoms with E-state index in [1.165, 1.54) is 43.7 Å². The quantitative estimate of drug-likeness (QED) is 0.901. The number of hydrogen-bond donors (Lipinski definition) is 1. The van der Waals surface area contributed by atoms with Crippen LogP contribution in [0.2, 0.25) is 0 Å². The minimum absolute atomic E-state index is 0.649. The molecule has 2 bridgehead atoms. The van der Waals surface area contributed by atoms with Crippen molar-refractivity contribution in [1.82, 2.24) is 4.90 Å². The molecular formula is C16H24N2O. The second kappa shape index (κ2) is 5.41. The highest BCUT2D eigenvalue weighted by atomic mass is 16.5. The second-order valence-corrected chi connectivity index (χ2v) is 5.80.